The summed E-state index contributed by atoms with van der Waals surface area (Å²) in [5.41, 5.74) is 0.519. The number of hydrogen-bond acceptors (Lipinski definition) is 0. The minimum absolute atomic E-state index is 0.519. The summed E-state index contributed by atoms with van der Waals surface area (Å²) in [4.78, 5) is 0. The van der Waals surface area contributed by atoms with Crippen LogP contribution in [0.4, 0.5) is 0 Å². The van der Waals surface area contributed by atoms with Gasteiger partial charge < -0.3 is 0 Å². The first-order chi connectivity index (χ1) is 6.85. The minimum atomic E-state index is 0.519. The van der Waals surface area contributed by atoms with Crippen molar-refractivity contribution in [3.8, 4) is 0 Å². The van der Waals surface area contributed by atoms with E-state index in [-0.39, 0.29) is 0 Å². The highest BCUT2D eigenvalue weighted by Crippen LogP contribution is 2.27. The van der Waals surface area contributed by atoms with Gasteiger partial charge in [0.2, 0.25) is 0 Å². The van der Waals surface area contributed by atoms with Crippen molar-refractivity contribution in [1.29, 1.82) is 0 Å². The Kier molecular flexibility index (Phi) is 7.30. The van der Waals surface area contributed by atoms with Gasteiger partial charge in [-0.2, -0.15) is 0 Å². The molecule has 15 heavy (non-hydrogen) atoms. The fraction of sp³-hybridized carbons (Fsp3) is 1.00. The van der Waals surface area contributed by atoms with Gasteiger partial charge in [0.05, 0.1) is 0 Å². The second-order valence-electron chi connectivity index (χ2n) is 6.70. The summed E-state index contributed by atoms with van der Waals surface area (Å²) in [6.45, 7) is 14.1. The molecule has 1 atom stereocenters. The minimum Gasteiger partial charge on any atom is -0.0651 e. The summed E-state index contributed by atoms with van der Waals surface area (Å²) in [6, 6.07) is 0. The maximum atomic E-state index is 2.35. The molecule has 0 unspecified atom stereocenters. The van der Waals surface area contributed by atoms with Crippen LogP contribution in [0, 0.1) is 17.3 Å². The molecule has 0 heteroatoms. The monoisotopic (exact) mass is 212 g/mol. The highest BCUT2D eigenvalue weighted by atomic mass is 14.2. The lowest BCUT2D eigenvalue weighted by molar-refractivity contribution is 0.301. The van der Waals surface area contributed by atoms with Crippen molar-refractivity contribution in [2.24, 2.45) is 17.3 Å². The summed E-state index contributed by atoms with van der Waals surface area (Å²) in [5.74, 6) is 1.85. The molecule has 0 amide bonds. The van der Waals surface area contributed by atoms with E-state index in [9.17, 15) is 0 Å². The summed E-state index contributed by atoms with van der Waals surface area (Å²) < 4.78 is 0. The molecule has 0 nitrogen and oxygen atoms in total. The lowest BCUT2D eigenvalue weighted by atomic mass is 9.84. The Bertz CT molecular complexity index is 139. The summed E-state index contributed by atoms with van der Waals surface area (Å²) >= 11 is 0. The third-order valence-corrected chi connectivity index (χ3v) is 3.27. The Morgan fingerprint density at radius 3 is 1.93 bits per heavy atom. The molecule has 0 saturated heterocycles. The molecule has 0 N–H and O–H groups in total. The Balaban J connectivity index is 3.64. The highest BCUT2D eigenvalue weighted by Gasteiger charge is 2.14. The van der Waals surface area contributed by atoms with E-state index in [1.54, 1.807) is 0 Å². The zero-order chi connectivity index (χ0) is 11.9. The predicted molar refractivity (Wildman–Crippen MR) is 71.2 cm³/mol. The molecule has 0 aliphatic heterocycles. The van der Waals surface area contributed by atoms with E-state index in [0.717, 1.165) is 11.8 Å². The van der Waals surface area contributed by atoms with Crippen molar-refractivity contribution in [3.63, 3.8) is 0 Å². The molecule has 0 heterocycles. The zero-order valence-electron chi connectivity index (χ0n) is 11.9. The van der Waals surface area contributed by atoms with Crippen molar-refractivity contribution in [3.05, 3.63) is 0 Å². The van der Waals surface area contributed by atoms with Crippen LogP contribution in [0.25, 0.3) is 0 Å². The van der Waals surface area contributed by atoms with E-state index in [1.807, 2.05) is 0 Å². The predicted octanol–water partition coefficient (Wildman–Crippen LogP) is 5.67. The molecule has 0 aromatic carbocycles. The van der Waals surface area contributed by atoms with Gasteiger partial charge >= 0.3 is 0 Å². The largest absolute Gasteiger partial charge is 0.0651 e. The van der Waals surface area contributed by atoms with Crippen LogP contribution in [-0.2, 0) is 0 Å². The molecule has 0 aromatic rings. The van der Waals surface area contributed by atoms with Crippen molar-refractivity contribution < 1.29 is 0 Å². The van der Waals surface area contributed by atoms with Crippen molar-refractivity contribution in [2.45, 2.75) is 80.1 Å². The quantitative estimate of drug-likeness (QED) is 0.510. The van der Waals surface area contributed by atoms with Crippen molar-refractivity contribution >= 4 is 0 Å². The van der Waals surface area contributed by atoms with Gasteiger partial charge in [0.1, 0.15) is 0 Å². The van der Waals surface area contributed by atoms with E-state index >= 15 is 0 Å². The van der Waals surface area contributed by atoms with Gasteiger partial charge in [0.25, 0.3) is 0 Å². The maximum absolute atomic E-state index is 2.35. The van der Waals surface area contributed by atoms with Crippen LogP contribution >= 0.6 is 0 Å². The van der Waals surface area contributed by atoms with Gasteiger partial charge in [0.15, 0.2) is 0 Å². The average molecular weight is 212 g/mol. The van der Waals surface area contributed by atoms with Crippen LogP contribution in [0.2, 0.25) is 0 Å². The van der Waals surface area contributed by atoms with Gasteiger partial charge in [-0.1, -0.05) is 67.2 Å². The summed E-state index contributed by atoms with van der Waals surface area (Å²) in [7, 11) is 0. The molecule has 0 aliphatic carbocycles. The Morgan fingerprint density at radius 2 is 1.53 bits per heavy atom. The fourth-order valence-corrected chi connectivity index (χ4v) is 2.00. The molecule has 0 fully saturated rings. The van der Waals surface area contributed by atoms with Crippen molar-refractivity contribution in [2.75, 3.05) is 0 Å². The first-order valence-corrected chi connectivity index (χ1v) is 6.85. The number of hydrogen-bond donors (Lipinski definition) is 0. The molecular formula is C15H32. The van der Waals surface area contributed by atoms with Crippen LogP contribution in [0.3, 0.4) is 0 Å². The summed E-state index contributed by atoms with van der Waals surface area (Å²) in [5, 5.41) is 0. The third-order valence-electron chi connectivity index (χ3n) is 3.27. The van der Waals surface area contributed by atoms with Crippen LogP contribution in [-0.4, -0.2) is 0 Å². The Hall–Kier alpha value is 0. The van der Waals surface area contributed by atoms with E-state index in [0.29, 0.717) is 5.41 Å². The van der Waals surface area contributed by atoms with Crippen LogP contribution in [0.15, 0.2) is 0 Å². The zero-order valence-corrected chi connectivity index (χ0v) is 11.9. The van der Waals surface area contributed by atoms with Crippen LogP contribution < -0.4 is 0 Å². The third kappa shape index (κ3) is 10.3. The standard InChI is InChI=1S/C15H32/c1-7-14(10-8-9-13(2)3)11-12-15(4,5)6/h13-14H,7-12H2,1-6H3/t14-/m1/s1. The summed E-state index contributed by atoms with van der Waals surface area (Å²) in [6.07, 6.45) is 8.47. The lowest BCUT2D eigenvalue weighted by Crippen LogP contribution is -2.09. The molecular weight excluding hydrogens is 180 g/mol. The van der Waals surface area contributed by atoms with Gasteiger partial charge in [-0.05, 0) is 30.1 Å². The van der Waals surface area contributed by atoms with Crippen molar-refractivity contribution in [1.82, 2.24) is 0 Å². The average Bonchev–Trinajstić information content (AvgIpc) is 2.08. The Labute approximate surface area is 97.8 Å². The van der Waals surface area contributed by atoms with Crippen LogP contribution in [0.1, 0.15) is 80.1 Å². The van der Waals surface area contributed by atoms with Gasteiger partial charge in [0, 0.05) is 0 Å². The van der Waals surface area contributed by atoms with Gasteiger partial charge in [-0.3, -0.25) is 0 Å². The molecule has 0 aromatic heterocycles. The van der Waals surface area contributed by atoms with E-state index in [2.05, 4.69) is 41.5 Å². The lowest BCUT2D eigenvalue weighted by Gasteiger charge is -2.22. The molecule has 0 saturated carbocycles. The molecule has 0 aliphatic rings. The van der Waals surface area contributed by atoms with Gasteiger partial charge in [-0.15, -0.1) is 0 Å². The first-order valence-electron chi connectivity index (χ1n) is 6.85. The van der Waals surface area contributed by atoms with Crippen LogP contribution in [0.5, 0.6) is 0 Å². The Morgan fingerprint density at radius 1 is 0.933 bits per heavy atom. The van der Waals surface area contributed by atoms with E-state index < -0.39 is 0 Å². The molecule has 0 rings (SSSR count). The smallest absolute Gasteiger partial charge is 0.0383 e. The molecule has 0 radical (unpaired) electrons. The normalized spacial score (nSPS) is 14.6. The van der Waals surface area contributed by atoms with E-state index in [4.69, 9.17) is 0 Å². The topological polar surface area (TPSA) is 0 Å². The second kappa shape index (κ2) is 7.30. The SMILES string of the molecule is CC[C@H](CCCC(C)C)CCC(C)(C)C. The maximum Gasteiger partial charge on any atom is -0.0383 e. The molecule has 0 spiro atoms. The van der Waals surface area contributed by atoms with Gasteiger partial charge in [-0.25, -0.2) is 0 Å². The molecule has 92 valence electrons. The molecule has 0 bridgehead atoms. The second-order valence-corrected chi connectivity index (χ2v) is 6.70. The first kappa shape index (κ1) is 15.0. The number of rotatable bonds is 7. The fourth-order valence-electron chi connectivity index (χ4n) is 2.00. The highest BCUT2D eigenvalue weighted by molar-refractivity contribution is 4.66. The van der Waals surface area contributed by atoms with E-state index in [1.165, 1.54) is 38.5 Å².